The summed E-state index contributed by atoms with van der Waals surface area (Å²) in [7, 11) is -3.84. The molecule has 0 bridgehead atoms. The van der Waals surface area contributed by atoms with Crippen LogP contribution in [0.5, 0.6) is 0 Å². The molecule has 0 spiro atoms. The van der Waals surface area contributed by atoms with Crippen LogP contribution in [-0.2, 0) is 14.8 Å². The number of carbonyl (C=O) groups excluding carboxylic acids is 1. The van der Waals surface area contributed by atoms with Crippen LogP contribution in [0.4, 0.5) is 5.13 Å². The number of sulfonamides is 1. The molecule has 0 atom stereocenters. The highest BCUT2D eigenvalue weighted by Crippen LogP contribution is 2.18. The second-order valence-electron chi connectivity index (χ2n) is 3.06. The summed E-state index contributed by atoms with van der Waals surface area (Å²) in [6.45, 7) is 3.41. The highest BCUT2D eigenvalue weighted by molar-refractivity contribution is 7.91. The largest absolute Gasteiger partial charge is 0.300 e. The number of nitrogens with zero attached hydrogens (tertiary/aromatic N) is 2. The number of rotatable bonds is 3. The maximum atomic E-state index is 11.2. The minimum atomic E-state index is -3.84. The maximum Gasteiger partial charge on any atom is 0.267 e. The molecule has 0 aliphatic rings. The molecule has 0 aromatic carbocycles. The van der Waals surface area contributed by atoms with Gasteiger partial charge in [-0.2, -0.15) is 0 Å². The van der Waals surface area contributed by atoms with Crippen LogP contribution in [0, 0.1) is 5.92 Å². The lowest BCUT2D eigenvalue weighted by molar-refractivity contribution is -0.118. The molecule has 0 saturated heterocycles. The molecule has 0 fully saturated rings. The van der Waals surface area contributed by atoms with E-state index in [4.69, 9.17) is 5.14 Å². The first kappa shape index (κ1) is 12.0. The standard InChI is InChI=1S/C6H10N4O3S2/c1-3(2)4(11)8-5-9-10-6(14-5)15(7,12)13/h3H,1-2H3,(H2,7,12,13)(H,8,9,11). The van der Waals surface area contributed by atoms with Crippen LogP contribution in [0.1, 0.15) is 13.8 Å². The molecule has 0 saturated carbocycles. The first-order valence-corrected chi connectivity index (χ1v) is 6.34. The van der Waals surface area contributed by atoms with E-state index < -0.39 is 10.0 Å². The van der Waals surface area contributed by atoms with Crippen LogP contribution >= 0.6 is 11.3 Å². The van der Waals surface area contributed by atoms with Gasteiger partial charge in [0.15, 0.2) is 0 Å². The van der Waals surface area contributed by atoms with E-state index in [9.17, 15) is 13.2 Å². The predicted molar refractivity (Wildman–Crippen MR) is 54.7 cm³/mol. The first-order valence-electron chi connectivity index (χ1n) is 3.98. The topological polar surface area (TPSA) is 115 Å². The minimum Gasteiger partial charge on any atom is -0.300 e. The minimum absolute atomic E-state index is 0.123. The molecule has 0 unspecified atom stereocenters. The van der Waals surface area contributed by atoms with E-state index in [-0.39, 0.29) is 21.3 Å². The number of amides is 1. The molecule has 3 N–H and O–H groups in total. The molecular formula is C6H10N4O3S2. The van der Waals surface area contributed by atoms with Crippen molar-refractivity contribution in [3.63, 3.8) is 0 Å². The Labute approximate surface area is 90.8 Å². The van der Waals surface area contributed by atoms with E-state index >= 15 is 0 Å². The zero-order valence-corrected chi connectivity index (χ0v) is 9.72. The lowest BCUT2D eigenvalue weighted by Crippen LogP contribution is -2.17. The molecular weight excluding hydrogens is 240 g/mol. The summed E-state index contributed by atoms with van der Waals surface area (Å²) in [5.74, 6) is -0.473. The van der Waals surface area contributed by atoms with E-state index in [0.29, 0.717) is 0 Å². The third kappa shape index (κ3) is 3.22. The van der Waals surface area contributed by atoms with E-state index in [1.807, 2.05) is 0 Å². The van der Waals surface area contributed by atoms with Crippen molar-refractivity contribution in [1.29, 1.82) is 0 Å². The third-order valence-electron chi connectivity index (χ3n) is 1.40. The van der Waals surface area contributed by atoms with E-state index in [2.05, 4.69) is 15.5 Å². The third-order valence-corrected chi connectivity index (χ3v) is 3.55. The van der Waals surface area contributed by atoms with Crippen LogP contribution in [-0.4, -0.2) is 24.5 Å². The molecule has 1 rings (SSSR count). The molecule has 9 heteroatoms. The number of nitrogens with two attached hydrogens (primary N) is 1. The van der Waals surface area contributed by atoms with Crippen LogP contribution in [0.25, 0.3) is 0 Å². The number of primary sulfonamides is 1. The summed E-state index contributed by atoms with van der Waals surface area (Å²) in [6, 6.07) is 0. The number of anilines is 1. The average molecular weight is 250 g/mol. The van der Waals surface area contributed by atoms with E-state index in [0.717, 1.165) is 11.3 Å². The Kier molecular flexibility index (Phi) is 3.37. The second-order valence-corrected chi connectivity index (χ2v) is 5.77. The van der Waals surface area contributed by atoms with E-state index in [1.165, 1.54) is 0 Å². The monoisotopic (exact) mass is 250 g/mol. The smallest absolute Gasteiger partial charge is 0.267 e. The number of hydrogen-bond donors (Lipinski definition) is 2. The van der Waals surface area contributed by atoms with Gasteiger partial charge in [0.2, 0.25) is 15.4 Å². The van der Waals surface area contributed by atoms with Gasteiger partial charge in [0, 0.05) is 5.92 Å². The molecule has 15 heavy (non-hydrogen) atoms. The quantitative estimate of drug-likeness (QED) is 0.719. The number of aromatic nitrogens is 2. The SMILES string of the molecule is CC(C)C(=O)Nc1nnc(S(N)(=O)=O)s1. The van der Waals surface area contributed by atoms with Crippen molar-refractivity contribution in [1.82, 2.24) is 10.2 Å². The Morgan fingerprint density at radius 2 is 2.07 bits per heavy atom. The highest BCUT2D eigenvalue weighted by atomic mass is 32.2. The molecule has 0 aliphatic carbocycles. The van der Waals surface area contributed by atoms with Gasteiger partial charge in [-0.3, -0.25) is 4.79 Å². The summed E-state index contributed by atoms with van der Waals surface area (Å²) in [6.07, 6.45) is 0. The summed E-state index contributed by atoms with van der Waals surface area (Å²) >= 11 is 0.718. The average Bonchev–Trinajstić information content (AvgIpc) is 2.51. The Hall–Kier alpha value is -1.06. The van der Waals surface area contributed by atoms with Gasteiger partial charge in [0.05, 0.1) is 0 Å². The summed E-state index contributed by atoms with van der Waals surface area (Å²) < 4.78 is 21.4. The summed E-state index contributed by atoms with van der Waals surface area (Å²) in [4.78, 5) is 11.2. The van der Waals surface area contributed by atoms with Gasteiger partial charge in [0.25, 0.3) is 10.0 Å². The Bertz CT molecular complexity index is 464. The van der Waals surface area contributed by atoms with Crippen molar-refractivity contribution in [2.45, 2.75) is 18.2 Å². The molecule has 7 nitrogen and oxygen atoms in total. The normalized spacial score (nSPS) is 11.7. The van der Waals surface area contributed by atoms with Gasteiger partial charge in [-0.1, -0.05) is 25.2 Å². The van der Waals surface area contributed by atoms with Gasteiger partial charge in [-0.15, -0.1) is 10.2 Å². The lowest BCUT2D eigenvalue weighted by Gasteiger charge is -2.02. The predicted octanol–water partition coefficient (Wildman–Crippen LogP) is -0.220. The fourth-order valence-corrected chi connectivity index (χ4v) is 1.96. The number of nitrogens with one attached hydrogen (secondary N) is 1. The fraction of sp³-hybridized carbons (Fsp3) is 0.500. The molecule has 1 aromatic rings. The van der Waals surface area contributed by atoms with Crippen molar-refractivity contribution in [2.75, 3.05) is 5.32 Å². The molecule has 84 valence electrons. The van der Waals surface area contributed by atoms with Crippen molar-refractivity contribution in [3.8, 4) is 0 Å². The van der Waals surface area contributed by atoms with Crippen molar-refractivity contribution in [3.05, 3.63) is 0 Å². The van der Waals surface area contributed by atoms with Crippen molar-refractivity contribution >= 4 is 32.4 Å². The number of hydrogen-bond acceptors (Lipinski definition) is 6. The van der Waals surface area contributed by atoms with Crippen molar-refractivity contribution < 1.29 is 13.2 Å². The Balaban J connectivity index is 2.83. The van der Waals surface area contributed by atoms with Crippen LogP contribution in [0.15, 0.2) is 4.34 Å². The zero-order chi connectivity index (χ0) is 11.6. The fourth-order valence-electron chi connectivity index (χ4n) is 0.625. The molecule has 0 radical (unpaired) electrons. The Morgan fingerprint density at radius 1 is 1.47 bits per heavy atom. The molecule has 1 heterocycles. The highest BCUT2D eigenvalue weighted by Gasteiger charge is 2.16. The lowest BCUT2D eigenvalue weighted by atomic mass is 10.2. The van der Waals surface area contributed by atoms with Gasteiger partial charge < -0.3 is 5.32 Å². The van der Waals surface area contributed by atoms with Gasteiger partial charge in [0.1, 0.15) is 0 Å². The molecule has 0 aliphatic heterocycles. The maximum absolute atomic E-state index is 11.2. The van der Waals surface area contributed by atoms with Crippen LogP contribution in [0.2, 0.25) is 0 Å². The number of carbonyl (C=O) groups is 1. The van der Waals surface area contributed by atoms with Crippen LogP contribution < -0.4 is 10.5 Å². The first-order chi connectivity index (χ1) is 6.80. The van der Waals surface area contributed by atoms with Gasteiger partial charge in [-0.25, -0.2) is 13.6 Å². The van der Waals surface area contributed by atoms with Gasteiger partial charge in [-0.05, 0) is 0 Å². The zero-order valence-electron chi connectivity index (χ0n) is 8.09. The van der Waals surface area contributed by atoms with Gasteiger partial charge >= 0.3 is 0 Å². The molecule has 1 aromatic heterocycles. The summed E-state index contributed by atoms with van der Waals surface area (Å²) in [5, 5.41) is 14.2. The van der Waals surface area contributed by atoms with E-state index in [1.54, 1.807) is 13.8 Å². The second kappa shape index (κ2) is 4.21. The molecule has 1 amide bonds. The van der Waals surface area contributed by atoms with Crippen molar-refractivity contribution in [2.24, 2.45) is 11.1 Å². The summed E-state index contributed by atoms with van der Waals surface area (Å²) in [5.41, 5.74) is 0. The van der Waals surface area contributed by atoms with Crippen LogP contribution in [0.3, 0.4) is 0 Å². The Morgan fingerprint density at radius 3 is 2.47 bits per heavy atom.